The third kappa shape index (κ3) is 2.38. The van der Waals surface area contributed by atoms with Crippen LogP contribution in [0.3, 0.4) is 0 Å². The highest BCUT2D eigenvalue weighted by molar-refractivity contribution is 5.90. The molecule has 0 spiro atoms. The van der Waals surface area contributed by atoms with Gasteiger partial charge in [-0.1, -0.05) is 6.07 Å². The van der Waals surface area contributed by atoms with Gasteiger partial charge in [-0.05, 0) is 38.5 Å². The monoisotopic (exact) mass is 279 g/mol. The molecule has 1 atom stereocenters. The van der Waals surface area contributed by atoms with Gasteiger partial charge in [-0.3, -0.25) is 4.79 Å². The van der Waals surface area contributed by atoms with Crippen LogP contribution in [0.2, 0.25) is 0 Å². The minimum absolute atomic E-state index is 0.000538. The van der Waals surface area contributed by atoms with Crippen molar-refractivity contribution >= 4 is 11.6 Å². The molecule has 5 heteroatoms. The Kier molecular flexibility index (Phi) is 3.73. The van der Waals surface area contributed by atoms with Crippen LogP contribution in [-0.4, -0.2) is 36.5 Å². The number of amides is 1. The van der Waals surface area contributed by atoms with Crippen molar-refractivity contribution in [3.05, 3.63) is 29.6 Å². The molecule has 1 aromatic carbocycles. The Morgan fingerprint density at radius 3 is 2.55 bits per heavy atom. The number of hydrogen-bond donors (Lipinski definition) is 1. The highest BCUT2D eigenvalue weighted by atomic mass is 19.1. The third-order valence-electron chi connectivity index (χ3n) is 3.99. The Morgan fingerprint density at radius 2 is 2.00 bits per heavy atom. The minimum Gasteiger partial charge on any atom is -0.353 e. The summed E-state index contributed by atoms with van der Waals surface area (Å²) < 4.78 is 14.3. The number of piperazine rings is 1. The molecule has 0 saturated carbocycles. The van der Waals surface area contributed by atoms with Crippen LogP contribution in [0.4, 0.5) is 10.1 Å². The fourth-order valence-electron chi connectivity index (χ4n) is 2.66. The molecule has 1 unspecified atom stereocenters. The lowest BCUT2D eigenvalue weighted by Crippen LogP contribution is -2.62. The highest BCUT2D eigenvalue weighted by Crippen LogP contribution is 2.31. The van der Waals surface area contributed by atoms with E-state index >= 15 is 0 Å². The van der Waals surface area contributed by atoms with Crippen LogP contribution in [0.25, 0.3) is 0 Å². The lowest BCUT2D eigenvalue weighted by atomic mass is 9.96. The zero-order valence-electron chi connectivity index (χ0n) is 12.5. The Labute approximate surface area is 119 Å². The van der Waals surface area contributed by atoms with Gasteiger partial charge < -0.3 is 15.5 Å². The van der Waals surface area contributed by atoms with E-state index in [1.165, 1.54) is 6.07 Å². The minimum atomic E-state index is -0.746. The van der Waals surface area contributed by atoms with Crippen molar-refractivity contribution in [3.63, 3.8) is 0 Å². The maximum absolute atomic E-state index is 14.3. The van der Waals surface area contributed by atoms with Crippen molar-refractivity contribution < 1.29 is 9.18 Å². The van der Waals surface area contributed by atoms with Gasteiger partial charge in [-0.25, -0.2) is 4.39 Å². The quantitative estimate of drug-likeness (QED) is 0.899. The molecule has 2 N–H and O–H groups in total. The molecule has 1 aromatic rings. The van der Waals surface area contributed by atoms with E-state index in [1.54, 1.807) is 18.0 Å². The van der Waals surface area contributed by atoms with Gasteiger partial charge in [0, 0.05) is 26.2 Å². The SMILES string of the molecule is CC(N)c1ccc(N2CCN(C)C(=O)C2(C)C)c(F)c1. The van der Waals surface area contributed by atoms with Crippen molar-refractivity contribution in [1.82, 2.24) is 4.90 Å². The van der Waals surface area contributed by atoms with Crippen molar-refractivity contribution in [2.24, 2.45) is 5.73 Å². The van der Waals surface area contributed by atoms with Crippen LogP contribution >= 0.6 is 0 Å². The van der Waals surface area contributed by atoms with Gasteiger partial charge in [0.15, 0.2) is 0 Å². The van der Waals surface area contributed by atoms with Gasteiger partial charge in [0.1, 0.15) is 11.4 Å². The molecule has 1 aliphatic heterocycles. The molecule has 0 aromatic heterocycles. The highest BCUT2D eigenvalue weighted by Gasteiger charge is 2.41. The fourth-order valence-corrected chi connectivity index (χ4v) is 2.66. The van der Waals surface area contributed by atoms with Crippen LogP contribution in [0.15, 0.2) is 18.2 Å². The van der Waals surface area contributed by atoms with E-state index in [2.05, 4.69) is 0 Å². The van der Waals surface area contributed by atoms with Crippen LogP contribution < -0.4 is 10.6 Å². The predicted octanol–water partition coefficient (Wildman–Crippen LogP) is 1.90. The van der Waals surface area contributed by atoms with E-state index in [1.807, 2.05) is 31.7 Å². The zero-order chi connectivity index (χ0) is 15.1. The summed E-state index contributed by atoms with van der Waals surface area (Å²) in [6.07, 6.45) is 0. The summed E-state index contributed by atoms with van der Waals surface area (Å²) in [4.78, 5) is 15.8. The van der Waals surface area contributed by atoms with E-state index in [-0.39, 0.29) is 17.8 Å². The van der Waals surface area contributed by atoms with Gasteiger partial charge in [-0.15, -0.1) is 0 Å². The third-order valence-corrected chi connectivity index (χ3v) is 3.99. The van der Waals surface area contributed by atoms with Gasteiger partial charge in [0.05, 0.1) is 5.69 Å². The molecule has 4 nitrogen and oxygen atoms in total. The van der Waals surface area contributed by atoms with Crippen LogP contribution in [0.5, 0.6) is 0 Å². The molecule has 1 saturated heterocycles. The normalized spacial score (nSPS) is 20.2. The maximum Gasteiger partial charge on any atom is 0.247 e. The lowest BCUT2D eigenvalue weighted by molar-refractivity contribution is -0.136. The number of nitrogens with zero attached hydrogens (tertiary/aromatic N) is 2. The molecule has 0 radical (unpaired) electrons. The summed E-state index contributed by atoms with van der Waals surface area (Å²) in [5, 5.41) is 0. The summed E-state index contributed by atoms with van der Waals surface area (Å²) >= 11 is 0. The molecule has 1 aliphatic rings. The molecule has 1 amide bonds. The maximum atomic E-state index is 14.3. The summed E-state index contributed by atoms with van der Waals surface area (Å²) in [7, 11) is 1.77. The second-order valence-corrected chi connectivity index (χ2v) is 5.94. The van der Waals surface area contributed by atoms with Gasteiger partial charge in [0.2, 0.25) is 5.91 Å². The number of anilines is 1. The van der Waals surface area contributed by atoms with Gasteiger partial charge in [-0.2, -0.15) is 0 Å². The Hall–Kier alpha value is -1.62. The topological polar surface area (TPSA) is 49.6 Å². The van der Waals surface area contributed by atoms with Crippen molar-refractivity contribution in [1.29, 1.82) is 0 Å². The molecular weight excluding hydrogens is 257 g/mol. The van der Waals surface area contributed by atoms with E-state index in [0.717, 1.165) is 5.56 Å². The Bertz CT molecular complexity index is 528. The number of nitrogens with two attached hydrogens (primary N) is 1. The fraction of sp³-hybridized carbons (Fsp3) is 0.533. The molecule has 0 aliphatic carbocycles. The average Bonchev–Trinajstić information content (AvgIpc) is 2.37. The number of likely N-dealkylation sites (N-methyl/N-ethyl adjacent to an activating group) is 1. The number of carbonyl (C=O) groups is 1. The first-order chi connectivity index (χ1) is 9.25. The summed E-state index contributed by atoms with van der Waals surface area (Å²) in [6.45, 7) is 6.67. The summed E-state index contributed by atoms with van der Waals surface area (Å²) in [6, 6.07) is 4.79. The first-order valence-corrected chi connectivity index (χ1v) is 6.83. The predicted molar refractivity (Wildman–Crippen MR) is 78.1 cm³/mol. The van der Waals surface area contributed by atoms with E-state index < -0.39 is 5.54 Å². The molecule has 0 bridgehead atoms. The average molecular weight is 279 g/mol. The van der Waals surface area contributed by atoms with E-state index in [9.17, 15) is 9.18 Å². The number of hydrogen-bond acceptors (Lipinski definition) is 3. The molecular formula is C15H22FN3O. The van der Waals surface area contributed by atoms with E-state index in [0.29, 0.717) is 18.8 Å². The number of benzene rings is 1. The van der Waals surface area contributed by atoms with Crippen molar-refractivity contribution in [2.45, 2.75) is 32.4 Å². The second kappa shape index (κ2) is 5.05. The second-order valence-electron chi connectivity index (χ2n) is 5.94. The van der Waals surface area contributed by atoms with Gasteiger partial charge >= 0.3 is 0 Å². The van der Waals surface area contributed by atoms with Crippen LogP contribution in [0, 0.1) is 5.82 Å². The summed E-state index contributed by atoms with van der Waals surface area (Å²) in [5.41, 5.74) is 6.23. The number of rotatable bonds is 2. The first kappa shape index (κ1) is 14.8. The van der Waals surface area contributed by atoms with Crippen molar-refractivity contribution in [2.75, 3.05) is 25.0 Å². The largest absolute Gasteiger partial charge is 0.353 e. The van der Waals surface area contributed by atoms with Crippen molar-refractivity contribution in [3.8, 4) is 0 Å². The smallest absolute Gasteiger partial charge is 0.247 e. The Morgan fingerprint density at radius 1 is 1.35 bits per heavy atom. The molecule has 1 heterocycles. The van der Waals surface area contributed by atoms with Gasteiger partial charge in [0.25, 0.3) is 0 Å². The molecule has 2 rings (SSSR count). The molecule has 1 fully saturated rings. The Balaban J connectivity index is 2.39. The summed E-state index contributed by atoms with van der Waals surface area (Å²) in [5.74, 6) is -0.329. The van der Waals surface area contributed by atoms with E-state index in [4.69, 9.17) is 5.73 Å². The van der Waals surface area contributed by atoms with Crippen LogP contribution in [-0.2, 0) is 4.79 Å². The molecule has 110 valence electrons. The number of halogens is 1. The lowest BCUT2D eigenvalue weighted by Gasteiger charge is -2.46. The number of carbonyl (C=O) groups excluding carboxylic acids is 1. The van der Waals surface area contributed by atoms with Crippen LogP contribution in [0.1, 0.15) is 32.4 Å². The standard InChI is InChI=1S/C15H22FN3O/c1-10(17)11-5-6-13(12(16)9-11)19-8-7-18(4)14(20)15(19,2)3/h5-6,9-10H,7-8,17H2,1-4H3. The zero-order valence-corrected chi connectivity index (χ0v) is 12.5. The molecule has 20 heavy (non-hydrogen) atoms. The first-order valence-electron chi connectivity index (χ1n) is 6.83.